The molecule has 3 rings (SSSR count). The predicted molar refractivity (Wildman–Crippen MR) is 93.2 cm³/mol. The first-order chi connectivity index (χ1) is 11.3. The molecule has 2 atom stereocenters. The number of rotatable bonds is 6. The molecular formula is C20H25NO2. The number of fused-ring (bicyclic) bond motifs is 1. The van der Waals surface area contributed by atoms with E-state index in [4.69, 9.17) is 9.47 Å². The number of hydrogen-bond donors (Lipinski definition) is 1. The average molecular weight is 311 g/mol. The standard InChI is InChI=1S/C20H25NO2/c1-3-18(15(2)21-14-16-7-5-4-6-8-16)17-9-10-19-20(13-17)23-12-11-22-19/h4-10,13,15,18,21H,3,11-12,14H2,1-2H3/t15-,18-/m0/s1. The monoisotopic (exact) mass is 311 g/mol. The molecule has 0 radical (unpaired) electrons. The van der Waals surface area contributed by atoms with Gasteiger partial charge in [-0.05, 0) is 42.5 Å². The van der Waals surface area contributed by atoms with Gasteiger partial charge in [-0.1, -0.05) is 43.3 Å². The van der Waals surface area contributed by atoms with Crippen molar-refractivity contribution in [1.29, 1.82) is 0 Å². The molecule has 0 spiro atoms. The van der Waals surface area contributed by atoms with E-state index in [0.29, 0.717) is 25.2 Å². The van der Waals surface area contributed by atoms with Gasteiger partial charge in [0.05, 0.1) is 0 Å². The molecule has 1 aliphatic heterocycles. The number of ether oxygens (including phenoxy) is 2. The van der Waals surface area contributed by atoms with Crippen molar-refractivity contribution in [2.45, 2.75) is 38.8 Å². The third kappa shape index (κ3) is 3.85. The second-order valence-corrected chi connectivity index (χ2v) is 6.07. The van der Waals surface area contributed by atoms with Crippen LogP contribution < -0.4 is 14.8 Å². The Morgan fingerprint density at radius 1 is 1.00 bits per heavy atom. The van der Waals surface area contributed by atoms with Crippen LogP contribution in [-0.2, 0) is 6.54 Å². The fourth-order valence-corrected chi connectivity index (χ4v) is 3.19. The van der Waals surface area contributed by atoms with Crippen molar-refractivity contribution in [2.75, 3.05) is 13.2 Å². The van der Waals surface area contributed by atoms with Gasteiger partial charge >= 0.3 is 0 Å². The van der Waals surface area contributed by atoms with Crippen LogP contribution in [0.2, 0.25) is 0 Å². The third-order valence-electron chi connectivity index (χ3n) is 4.51. The maximum Gasteiger partial charge on any atom is 0.161 e. The van der Waals surface area contributed by atoms with Crippen molar-refractivity contribution in [1.82, 2.24) is 5.32 Å². The summed E-state index contributed by atoms with van der Waals surface area (Å²) in [7, 11) is 0. The van der Waals surface area contributed by atoms with E-state index in [2.05, 4.69) is 61.6 Å². The van der Waals surface area contributed by atoms with Crippen molar-refractivity contribution in [2.24, 2.45) is 0 Å². The van der Waals surface area contributed by atoms with E-state index in [-0.39, 0.29) is 0 Å². The average Bonchev–Trinajstić information content (AvgIpc) is 2.61. The van der Waals surface area contributed by atoms with Crippen LogP contribution >= 0.6 is 0 Å². The minimum absolute atomic E-state index is 0.391. The number of hydrogen-bond acceptors (Lipinski definition) is 3. The van der Waals surface area contributed by atoms with E-state index >= 15 is 0 Å². The van der Waals surface area contributed by atoms with Gasteiger partial charge in [0, 0.05) is 12.6 Å². The Labute approximate surface area is 138 Å². The number of benzene rings is 2. The van der Waals surface area contributed by atoms with Crippen LogP contribution in [0.25, 0.3) is 0 Å². The molecule has 1 heterocycles. The molecule has 1 aliphatic rings. The summed E-state index contributed by atoms with van der Waals surface area (Å²) in [4.78, 5) is 0. The smallest absolute Gasteiger partial charge is 0.161 e. The van der Waals surface area contributed by atoms with Gasteiger partial charge in [0.1, 0.15) is 13.2 Å². The summed E-state index contributed by atoms with van der Waals surface area (Å²) >= 11 is 0. The normalized spacial score (nSPS) is 15.9. The first kappa shape index (κ1) is 15.9. The van der Waals surface area contributed by atoms with Gasteiger partial charge < -0.3 is 14.8 Å². The maximum atomic E-state index is 5.72. The molecule has 122 valence electrons. The van der Waals surface area contributed by atoms with Crippen LogP contribution in [0.15, 0.2) is 48.5 Å². The zero-order chi connectivity index (χ0) is 16.1. The fourth-order valence-electron chi connectivity index (χ4n) is 3.19. The van der Waals surface area contributed by atoms with Crippen molar-refractivity contribution in [3.8, 4) is 11.5 Å². The van der Waals surface area contributed by atoms with Crippen LogP contribution in [0.1, 0.15) is 37.3 Å². The van der Waals surface area contributed by atoms with Gasteiger partial charge in [0.25, 0.3) is 0 Å². The molecule has 3 heteroatoms. The van der Waals surface area contributed by atoms with Crippen molar-refractivity contribution < 1.29 is 9.47 Å². The van der Waals surface area contributed by atoms with Crippen LogP contribution in [0.3, 0.4) is 0 Å². The van der Waals surface area contributed by atoms with E-state index in [1.54, 1.807) is 0 Å². The van der Waals surface area contributed by atoms with Crippen molar-refractivity contribution in [3.63, 3.8) is 0 Å². The summed E-state index contributed by atoms with van der Waals surface area (Å²) in [5.74, 6) is 2.19. The third-order valence-corrected chi connectivity index (χ3v) is 4.51. The molecule has 0 fully saturated rings. The zero-order valence-corrected chi connectivity index (χ0v) is 13.9. The summed E-state index contributed by atoms with van der Waals surface area (Å²) in [5.41, 5.74) is 2.63. The highest BCUT2D eigenvalue weighted by Crippen LogP contribution is 2.35. The Morgan fingerprint density at radius 2 is 1.74 bits per heavy atom. The molecule has 0 unspecified atom stereocenters. The molecule has 2 aromatic rings. The summed E-state index contributed by atoms with van der Waals surface area (Å²) in [6.45, 7) is 6.66. The molecule has 0 bridgehead atoms. The van der Waals surface area contributed by atoms with E-state index in [1.807, 2.05) is 6.07 Å². The van der Waals surface area contributed by atoms with Gasteiger partial charge in [-0.15, -0.1) is 0 Å². The SMILES string of the molecule is CC[C@H](c1ccc2c(c1)OCCO2)[C@H](C)NCc1ccccc1. The molecule has 0 saturated heterocycles. The van der Waals surface area contributed by atoms with Gasteiger partial charge in [0.15, 0.2) is 11.5 Å². The molecule has 23 heavy (non-hydrogen) atoms. The van der Waals surface area contributed by atoms with E-state index in [1.165, 1.54) is 11.1 Å². The quantitative estimate of drug-likeness (QED) is 0.870. The first-order valence-corrected chi connectivity index (χ1v) is 8.44. The Kier molecular flexibility index (Phi) is 5.19. The van der Waals surface area contributed by atoms with Crippen molar-refractivity contribution >= 4 is 0 Å². The molecule has 0 aromatic heterocycles. The lowest BCUT2D eigenvalue weighted by Crippen LogP contribution is -2.31. The molecule has 0 amide bonds. The van der Waals surface area contributed by atoms with Crippen LogP contribution in [0, 0.1) is 0 Å². The van der Waals surface area contributed by atoms with Gasteiger partial charge in [-0.3, -0.25) is 0 Å². The Bertz CT molecular complexity index is 627. The Balaban J connectivity index is 1.68. The predicted octanol–water partition coefficient (Wildman–Crippen LogP) is 4.13. The highest BCUT2D eigenvalue weighted by molar-refractivity contribution is 5.45. The van der Waals surface area contributed by atoms with Crippen LogP contribution in [0.4, 0.5) is 0 Å². The van der Waals surface area contributed by atoms with Gasteiger partial charge in [-0.2, -0.15) is 0 Å². The van der Waals surface area contributed by atoms with Crippen molar-refractivity contribution in [3.05, 3.63) is 59.7 Å². The zero-order valence-electron chi connectivity index (χ0n) is 13.9. The largest absolute Gasteiger partial charge is 0.486 e. The minimum atomic E-state index is 0.391. The lowest BCUT2D eigenvalue weighted by molar-refractivity contribution is 0.171. The highest BCUT2D eigenvalue weighted by Gasteiger charge is 2.20. The molecule has 0 saturated carbocycles. The molecule has 3 nitrogen and oxygen atoms in total. The summed E-state index contributed by atoms with van der Waals surface area (Å²) < 4.78 is 11.3. The number of nitrogens with one attached hydrogen (secondary N) is 1. The van der Waals surface area contributed by atoms with Crippen LogP contribution in [-0.4, -0.2) is 19.3 Å². The van der Waals surface area contributed by atoms with Crippen LogP contribution in [0.5, 0.6) is 11.5 Å². The van der Waals surface area contributed by atoms with E-state index < -0.39 is 0 Å². The molecule has 1 N–H and O–H groups in total. The van der Waals surface area contributed by atoms with E-state index in [9.17, 15) is 0 Å². The Hall–Kier alpha value is -2.00. The second-order valence-electron chi connectivity index (χ2n) is 6.07. The molecule has 2 aromatic carbocycles. The highest BCUT2D eigenvalue weighted by atomic mass is 16.6. The lowest BCUT2D eigenvalue weighted by atomic mass is 9.89. The molecular weight excluding hydrogens is 286 g/mol. The second kappa shape index (κ2) is 7.51. The van der Waals surface area contributed by atoms with Gasteiger partial charge in [0.2, 0.25) is 0 Å². The summed E-state index contributed by atoms with van der Waals surface area (Å²) in [6.07, 6.45) is 1.09. The minimum Gasteiger partial charge on any atom is -0.486 e. The Morgan fingerprint density at radius 3 is 2.48 bits per heavy atom. The maximum absolute atomic E-state index is 5.72. The fraction of sp³-hybridized carbons (Fsp3) is 0.400. The van der Waals surface area contributed by atoms with E-state index in [0.717, 1.165) is 24.5 Å². The summed E-state index contributed by atoms with van der Waals surface area (Å²) in [5, 5.41) is 3.66. The lowest BCUT2D eigenvalue weighted by Gasteiger charge is -2.26. The first-order valence-electron chi connectivity index (χ1n) is 8.44. The summed E-state index contributed by atoms with van der Waals surface area (Å²) in [6, 6.07) is 17.3. The molecule has 0 aliphatic carbocycles. The topological polar surface area (TPSA) is 30.5 Å². The van der Waals surface area contributed by atoms with Gasteiger partial charge in [-0.25, -0.2) is 0 Å².